The van der Waals surface area contributed by atoms with Crippen molar-refractivity contribution < 1.29 is 54.9 Å². The molecule has 18 rings (SSSR count). The lowest BCUT2D eigenvalue weighted by Gasteiger charge is -2.11. The van der Waals surface area contributed by atoms with Gasteiger partial charge < -0.3 is 33.8 Å². The normalized spacial score (nSPS) is 13.9. The van der Waals surface area contributed by atoms with Crippen LogP contribution in [0.4, 0.5) is 0 Å². The molecular weight excluding hydrogens is 1860 g/mol. The van der Waals surface area contributed by atoms with Gasteiger partial charge in [0.25, 0.3) is 26.8 Å². The number of fused-ring (bicyclic) bond motifs is 9. The fourth-order valence-corrected chi connectivity index (χ4v) is 17.5. The van der Waals surface area contributed by atoms with Gasteiger partial charge in [-0.05, 0) is 239 Å². The summed E-state index contributed by atoms with van der Waals surface area (Å²) in [7, 11) is 17.9. The minimum atomic E-state index is -3.31. The Morgan fingerprint density at radius 3 is 1.02 bits per heavy atom. The largest absolute Gasteiger partial charge is 0.481 e. The lowest BCUT2D eigenvalue weighted by atomic mass is 9.95. The second kappa shape index (κ2) is 52.5. The Balaban J connectivity index is 0.000000191. The highest BCUT2D eigenvalue weighted by molar-refractivity contribution is 8.26. The predicted molar refractivity (Wildman–Crippen MR) is 511 cm³/mol. The summed E-state index contributed by atoms with van der Waals surface area (Å²) < 4.78 is 70.5. The Hall–Kier alpha value is -10.6. The minimum absolute atomic E-state index is 0. The number of methoxy groups -OCH3 is 1. The summed E-state index contributed by atoms with van der Waals surface area (Å²) in [5.74, 6) is -0.917. The van der Waals surface area contributed by atoms with Gasteiger partial charge >= 0.3 is 29.0 Å². The van der Waals surface area contributed by atoms with Gasteiger partial charge in [0, 0.05) is 148 Å². The van der Waals surface area contributed by atoms with E-state index in [1.54, 1.807) is 68.6 Å². The molecule has 42 nitrogen and oxygen atoms in total. The maximum atomic E-state index is 12.7. The maximum absolute atomic E-state index is 12.7. The molecular formula is C86H127Cl3N24O18S3. The standard InChI is InChI=1S/2C17H22N6O2.C11H18N2O3S.C11H16N2O2.C10H14N2O2.C10H16N2O.C7H8N4O2.CH3ClO2S.CH4O.CH4.Cl2OS/c2*1-21-10-18-15-14(21)16(24)23(17(25)22(15)2)9-5-8-13-11-6-3-4-7-12(11)19-20-13;1-17(14,15)16-8-4-7-11-9-5-2-3-6-10(9)12-13-11;1-15-11(14)7-6-10-8-4-2-3-5-9(8)12-13-10;13-10(14)6-5-9-7-3-1-2-4-8(7)11-12-9;13-7-3-6-10-8-4-1-2-5-9(8)11-12-10;1-10-3-8-5-4(10)6(12)9-7(13)11(5)2;1-5(2,3)4;1-2;;1-4(2)3/h2*10H,3-9H2,1-2H3,(H,19,20);2-8H2,1H3,(H,12,13);2-7H2,1H3,(H,12,13);1-6H2,(H,11,12)(H,13,14);13H,1-7H2,(H,11,12);3H,1-2H3,(H,9,12,13);1H3;2H,1H3;1H4;. The molecule has 0 aromatic carbocycles. The van der Waals surface area contributed by atoms with Crippen LogP contribution in [0.5, 0.6) is 0 Å². The first-order chi connectivity index (χ1) is 63.5. The molecule has 0 aliphatic heterocycles. The van der Waals surface area contributed by atoms with E-state index in [0.717, 1.165) is 151 Å². The number of carboxylic acid groups (broad SMARTS) is 1. The quantitative estimate of drug-likeness (QED) is 0.0143. The molecule has 0 atom stereocenters. The number of esters is 1. The highest BCUT2D eigenvalue weighted by atomic mass is 36.0. The van der Waals surface area contributed by atoms with Crippen LogP contribution in [-0.4, -0.2) is 206 Å². The van der Waals surface area contributed by atoms with E-state index in [1.807, 2.05) is 0 Å². The maximum Gasteiger partial charge on any atom is 0.332 e. The summed E-state index contributed by atoms with van der Waals surface area (Å²) >= 11 is 0. The van der Waals surface area contributed by atoms with Crippen molar-refractivity contribution in [3.63, 3.8) is 0 Å². The summed E-state index contributed by atoms with van der Waals surface area (Å²) in [6, 6.07) is 0. The number of nitrogens with zero attached hydrogens (tertiary/aromatic N) is 17. The van der Waals surface area contributed by atoms with Gasteiger partial charge in [-0.3, -0.25) is 86.6 Å². The lowest BCUT2D eigenvalue weighted by molar-refractivity contribution is -0.140. The van der Waals surface area contributed by atoms with E-state index < -0.39 is 45.6 Å². The summed E-state index contributed by atoms with van der Waals surface area (Å²) in [5, 5.41) is 68.8. The third-order valence-corrected chi connectivity index (χ3v) is 24.2. The van der Waals surface area contributed by atoms with Gasteiger partial charge in [0.05, 0.1) is 92.2 Å². The zero-order chi connectivity index (χ0) is 96.8. The molecule has 0 unspecified atom stereocenters. The van der Waals surface area contributed by atoms with Gasteiger partial charge in [-0.1, -0.05) is 7.43 Å². The SMILES string of the molecule is C.CO.COC(=O)CCc1n[nH]c2c1CCCC2.CS(=O)(=O)Cl.CS(=O)(=O)OCCCc1n[nH]c2c1CCCC2.Cn1cnc2c1c(=O)[nH]c(=O)n2C.Cn1cnc2c1c(=O)n(CCCc1n[nH]c3c1CCCC3)c(=O)n2C.Cn1cnc2c1c(=O)n(CCCc1n[nH]c3c1CCCC3)c(=O)n2C.O=C(O)CCc1n[nH]c2c1CCCC2.O=S(Cl)Cl.OCCCc1n[nH]c2c1CCCC2. The molecule has 134 heavy (non-hydrogen) atoms. The van der Waals surface area contributed by atoms with Crippen molar-refractivity contribution in [1.82, 2.24) is 118 Å². The first kappa shape index (κ1) is 109. The smallest absolute Gasteiger partial charge is 0.332 e. The van der Waals surface area contributed by atoms with Gasteiger partial charge in [0.15, 0.2) is 33.5 Å². The summed E-state index contributed by atoms with van der Waals surface area (Å²) in [4.78, 5) is 109. The molecule has 0 radical (unpaired) electrons. The number of carboxylic acids is 1. The van der Waals surface area contributed by atoms with Crippen molar-refractivity contribution >= 4 is 106 Å². The molecule has 6 aliphatic carbocycles. The van der Waals surface area contributed by atoms with Crippen molar-refractivity contribution in [2.45, 2.75) is 252 Å². The van der Waals surface area contributed by atoms with E-state index in [1.165, 1.54) is 193 Å². The number of aromatic amines is 7. The van der Waals surface area contributed by atoms with E-state index in [-0.39, 0.29) is 55.5 Å². The second-order valence-corrected chi connectivity index (χ2v) is 40.2. The van der Waals surface area contributed by atoms with E-state index in [0.29, 0.717) is 85.1 Å². The molecule has 48 heteroatoms. The molecule has 12 aromatic heterocycles. The van der Waals surface area contributed by atoms with Crippen molar-refractivity contribution in [3.05, 3.63) is 183 Å². The fourth-order valence-electron chi connectivity index (χ4n) is 17.0. The number of aromatic nitrogens is 24. The molecule has 10 N–H and O–H groups in total. The van der Waals surface area contributed by atoms with E-state index in [4.69, 9.17) is 23.7 Å². The fraction of sp³-hybridized carbons (Fsp3) is 0.593. The number of imidazole rings is 3. The van der Waals surface area contributed by atoms with E-state index in [2.05, 4.69) is 118 Å². The summed E-state index contributed by atoms with van der Waals surface area (Å²) in [5.41, 5.74) is 22.6. The van der Waals surface area contributed by atoms with Crippen LogP contribution >= 0.6 is 32.0 Å². The number of aliphatic carboxylic acids is 1. The number of rotatable bonds is 22. The Morgan fingerprint density at radius 1 is 0.448 bits per heavy atom. The number of carbonyl (C=O) groups excluding carboxylic acids is 1. The lowest BCUT2D eigenvalue weighted by Crippen LogP contribution is -2.39. The highest BCUT2D eigenvalue weighted by Crippen LogP contribution is 2.29. The van der Waals surface area contributed by atoms with Crippen LogP contribution in [0, 0.1) is 0 Å². The second-order valence-electron chi connectivity index (χ2n) is 33.0. The van der Waals surface area contributed by atoms with Crippen LogP contribution in [0.3, 0.4) is 0 Å². The predicted octanol–water partition coefficient (Wildman–Crippen LogP) is 6.88. The molecule has 12 aromatic rings. The Bertz CT molecular complexity index is 6370. The molecule has 0 amide bonds. The minimum Gasteiger partial charge on any atom is -0.481 e. The number of hydrogen-bond acceptors (Lipinski definition) is 26. The van der Waals surface area contributed by atoms with Crippen LogP contribution < -0.4 is 33.7 Å². The Labute approximate surface area is 790 Å². The third kappa shape index (κ3) is 30.5. The van der Waals surface area contributed by atoms with Gasteiger partial charge in [0.1, 0.15) is 0 Å². The van der Waals surface area contributed by atoms with Crippen LogP contribution in [0.25, 0.3) is 33.5 Å². The van der Waals surface area contributed by atoms with Crippen LogP contribution in [0.15, 0.2) is 47.7 Å². The van der Waals surface area contributed by atoms with Crippen LogP contribution in [-0.2, 0) is 218 Å². The Kier molecular flexibility index (Phi) is 42.6. The number of carbonyl (C=O) groups is 2. The Morgan fingerprint density at radius 2 is 0.724 bits per heavy atom. The van der Waals surface area contributed by atoms with Crippen molar-refractivity contribution in [2.24, 2.45) is 42.3 Å². The average Bonchev–Trinajstić information content (AvgIpc) is 1.59. The van der Waals surface area contributed by atoms with Gasteiger partial charge in [-0.2, -0.15) is 39.0 Å². The molecule has 0 bridgehead atoms. The molecule has 0 saturated heterocycles. The molecule has 6 aliphatic rings. The molecule has 0 saturated carbocycles. The zero-order valence-corrected chi connectivity index (χ0v) is 81.7. The van der Waals surface area contributed by atoms with Crippen molar-refractivity contribution in [2.75, 3.05) is 39.9 Å². The highest BCUT2D eigenvalue weighted by Gasteiger charge is 2.25. The van der Waals surface area contributed by atoms with E-state index >= 15 is 0 Å². The number of aliphatic hydroxyl groups excluding tert-OH is 2. The molecule has 0 spiro atoms. The van der Waals surface area contributed by atoms with E-state index in [9.17, 15) is 55.2 Å². The number of nitrogens with one attached hydrogen (secondary N) is 7. The van der Waals surface area contributed by atoms with Gasteiger partial charge in [-0.25, -0.2) is 42.0 Å². The monoisotopic (exact) mass is 1980 g/mol. The average molecular weight is 1990 g/mol. The number of halogens is 3. The molecule has 738 valence electrons. The zero-order valence-electron chi connectivity index (χ0n) is 76.9. The van der Waals surface area contributed by atoms with Crippen molar-refractivity contribution in [1.29, 1.82) is 0 Å². The van der Waals surface area contributed by atoms with Crippen LogP contribution in [0.1, 0.15) is 225 Å². The molecule has 0 fully saturated rings. The van der Waals surface area contributed by atoms with Crippen LogP contribution in [0.2, 0.25) is 0 Å². The number of H-pyrrole nitrogens is 7. The third-order valence-electron chi connectivity index (χ3n) is 23.6. The first-order valence-electron chi connectivity index (χ1n) is 44.5. The van der Waals surface area contributed by atoms with Crippen molar-refractivity contribution in [3.8, 4) is 0 Å². The summed E-state index contributed by atoms with van der Waals surface area (Å²) in [6.45, 7) is 1.27. The number of ether oxygens (including phenoxy) is 1. The summed E-state index contributed by atoms with van der Waals surface area (Å²) in [6.07, 6.45) is 42.5. The first-order valence-corrected chi connectivity index (χ1v) is 51.8. The topological polar surface area (TPSA) is 567 Å². The van der Waals surface area contributed by atoms with Gasteiger partial charge in [0.2, 0.25) is 18.3 Å². The molecule has 12 heterocycles. The van der Waals surface area contributed by atoms with Gasteiger partial charge in [-0.15, -0.1) is 0 Å². The number of aliphatic hydroxyl groups is 2. The number of aryl methyl sites for hydroxylation is 18. The number of hydrogen-bond donors (Lipinski definition) is 10.